The molecule has 2 rings (SSSR count). The van der Waals surface area contributed by atoms with Gasteiger partial charge < -0.3 is 0 Å². The van der Waals surface area contributed by atoms with Crippen LogP contribution in [-0.4, -0.2) is 18.9 Å². The van der Waals surface area contributed by atoms with Gasteiger partial charge in [0, 0.05) is 10.7 Å². The Morgan fingerprint density at radius 2 is 1.55 bits per heavy atom. The predicted octanol–water partition coefficient (Wildman–Crippen LogP) is 6.92. The summed E-state index contributed by atoms with van der Waals surface area (Å²) in [5, 5.41) is 0.751. The fourth-order valence-electron chi connectivity index (χ4n) is 3.04. The summed E-state index contributed by atoms with van der Waals surface area (Å²) in [6, 6.07) is 0. The van der Waals surface area contributed by atoms with E-state index in [2.05, 4.69) is 51.2 Å². The molecule has 2 aliphatic rings. The summed E-state index contributed by atoms with van der Waals surface area (Å²) >= 11 is 23.0. The van der Waals surface area contributed by atoms with Crippen LogP contribution in [0.2, 0.25) is 0 Å². The molecule has 1 spiro atoms. The Balaban J connectivity index is 2.05. The van der Waals surface area contributed by atoms with E-state index in [0.717, 1.165) is 18.1 Å². The molecule has 0 amide bonds. The van der Waals surface area contributed by atoms with Crippen molar-refractivity contribution in [3.63, 3.8) is 0 Å². The van der Waals surface area contributed by atoms with Gasteiger partial charge in [0.15, 0.2) is 3.79 Å². The minimum atomic E-state index is -1.14. The SMILES string of the molecule is CC(C)(C)C1CCSC2(CCC(C)(C(Cl)(Cl)Cl)CC2)S1. The number of hydrogen-bond acceptors (Lipinski definition) is 2. The zero-order chi connectivity index (χ0) is 15.2. The van der Waals surface area contributed by atoms with Crippen molar-refractivity contribution in [2.45, 2.75) is 72.9 Å². The van der Waals surface area contributed by atoms with Crippen LogP contribution >= 0.6 is 58.3 Å². The maximum absolute atomic E-state index is 6.20. The number of hydrogen-bond donors (Lipinski definition) is 0. The largest absolute Gasteiger partial charge is 0.195 e. The smallest absolute Gasteiger partial charge is 0.144 e. The quantitative estimate of drug-likeness (QED) is 0.421. The van der Waals surface area contributed by atoms with E-state index in [1.807, 2.05) is 0 Å². The summed E-state index contributed by atoms with van der Waals surface area (Å²) < 4.78 is -0.770. The Morgan fingerprint density at radius 1 is 1.00 bits per heavy atom. The lowest BCUT2D eigenvalue weighted by atomic mass is 9.76. The summed E-state index contributed by atoms with van der Waals surface area (Å²) in [7, 11) is 0. The normalized spacial score (nSPS) is 40.0. The lowest BCUT2D eigenvalue weighted by molar-refractivity contribution is 0.215. The minimum absolute atomic E-state index is 0.168. The molecule has 0 nitrogen and oxygen atoms in total. The minimum Gasteiger partial charge on any atom is -0.144 e. The third kappa shape index (κ3) is 3.72. The monoisotopic (exact) mass is 374 g/mol. The average Bonchev–Trinajstić information content (AvgIpc) is 2.31. The van der Waals surface area contributed by atoms with Crippen LogP contribution in [0.3, 0.4) is 0 Å². The number of thioether (sulfide) groups is 2. The van der Waals surface area contributed by atoms with Crippen molar-refractivity contribution in [3.8, 4) is 0 Å². The Kier molecular flexibility index (Phi) is 5.28. The molecular weight excluding hydrogens is 351 g/mol. The third-order valence-corrected chi connectivity index (χ3v) is 10.3. The number of rotatable bonds is 0. The van der Waals surface area contributed by atoms with Crippen LogP contribution in [0, 0.1) is 10.8 Å². The Labute approximate surface area is 147 Å². The van der Waals surface area contributed by atoms with E-state index in [1.54, 1.807) is 0 Å². The van der Waals surface area contributed by atoms with E-state index in [4.69, 9.17) is 34.8 Å². The second-order valence-electron chi connectivity index (χ2n) is 7.58. The number of halogens is 3. The van der Waals surface area contributed by atoms with Gasteiger partial charge in [-0.25, -0.2) is 0 Å². The summed E-state index contributed by atoms with van der Waals surface area (Å²) in [6.45, 7) is 9.22. The molecule has 0 aromatic heterocycles. The van der Waals surface area contributed by atoms with Crippen LogP contribution in [-0.2, 0) is 0 Å². The van der Waals surface area contributed by atoms with Crippen molar-refractivity contribution >= 4 is 58.3 Å². The molecule has 5 heteroatoms. The molecule has 0 radical (unpaired) electrons. The fourth-order valence-corrected chi connectivity index (χ4v) is 7.40. The summed E-state index contributed by atoms with van der Waals surface area (Å²) in [6.07, 6.45) is 5.68. The molecular formula is C15H25Cl3S2. The van der Waals surface area contributed by atoms with E-state index < -0.39 is 3.79 Å². The average molecular weight is 376 g/mol. The van der Waals surface area contributed by atoms with Crippen LogP contribution in [0.25, 0.3) is 0 Å². The van der Waals surface area contributed by atoms with E-state index in [9.17, 15) is 0 Å². The molecule has 1 aliphatic carbocycles. The maximum Gasteiger partial charge on any atom is 0.195 e. The molecule has 1 aliphatic heterocycles. The molecule has 0 bridgehead atoms. The first-order valence-corrected chi connectivity index (χ1v) is 10.4. The van der Waals surface area contributed by atoms with Crippen LogP contribution < -0.4 is 0 Å². The second-order valence-corrected chi connectivity index (χ2v) is 13.2. The van der Waals surface area contributed by atoms with Crippen molar-refractivity contribution in [1.82, 2.24) is 0 Å². The molecule has 20 heavy (non-hydrogen) atoms. The molecule has 1 saturated carbocycles. The topological polar surface area (TPSA) is 0 Å². The molecule has 0 aromatic rings. The first-order chi connectivity index (χ1) is 8.98. The van der Waals surface area contributed by atoms with Gasteiger partial charge in [0.05, 0.1) is 4.08 Å². The lowest BCUT2D eigenvalue weighted by Crippen LogP contribution is -2.44. The van der Waals surface area contributed by atoms with Crippen LogP contribution in [0.4, 0.5) is 0 Å². The first kappa shape index (κ1) is 17.9. The van der Waals surface area contributed by atoms with E-state index in [-0.39, 0.29) is 5.41 Å². The van der Waals surface area contributed by atoms with Crippen molar-refractivity contribution in [2.24, 2.45) is 10.8 Å². The zero-order valence-corrected chi connectivity index (χ0v) is 16.7. The summed E-state index contributed by atoms with van der Waals surface area (Å²) in [5.74, 6) is 1.28. The molecule has 1 saturated heterocycles. The van der Waals surface area contributed by atoms with E-state index in [0.29, 0.717) is 9.49 Å². The summed E-state index contributed by atoms with van der Waals surface area (Å²) in [4.78, 5) is 0. The van der Waals surface area contributed by atoms with Gasteiger partial charge in [-0.1, -0.05) is 62.5 Å². The highest BCUT2D eigenvalue weighted by atomic mass is 35.6. The third-order valence-electron chi connectivity index (χ3n) is 4.87. The highest BCUT2D eigenvalue weighted by Gasteiger charge is 2.52. The van der Waals surface area contributed by atoms with Crippen molar-refractivity contribution in [3.05, 3.63) is 0 Å². The Morgan fingerprint density at radius 3 is 2.00 bits per heavy atom. The van der Waals surface area contributed by atoms with Crippen LogP contribution in [0.15, 0.2) is 0 Å². The highest BCUT2D eigenvalue weighted by molar-refractivity contribution is 8.19. The lowest BCUT2D eigenvalue weighted by Gasteiger charge is -2.51. The predicted molar refractivity (Wildman–Crippen MR) is 97.5 cm³/mol. The van der Waals surface area contributed by atoms with E-state index >= 15 is 0 Å². The van der Waals surface area contributed by atoms with Crippen molar-refractivity contribution in [1.29, 1.82) is 0 Å². The zero-order valence-electron chi connectivity index (χ0n) is 12.8. The molecule has 118 valence electrons. The Bertz CT molecular complexity index is 349. The summed E-state index contributed by atoms with van der Waals surface area (Å²) in [5.41, 5.74) is 0.216. The number of alkyl halides is 3. The van der Waals surface area contributed by atoms with Gasteiger partial charge in [-0.15, -0.1) is 23.5 Å². The molecule has 0 N–H and O–H groups in total. The maximum atomic E-state index is 6.20. The van der Waals surface area contributed by atoms with Gasteiger partial charge in [-0.3, -0.25) is 0 Å². The van der Waals surface area contributed by atoms with Crippen molar-refractivity contribution in [2.75, 3.05) is 5.75 Å². The molecule has 1 heterocycles. The molecule has 1 unspecified atom stereocenters. The van der Waals surface area contributed by atoms with Gasteiger partial charge in [-0.05, 0) is 43.3 Å². The molecule has 1 atom stereocenters. The standard InChI is InChI=1S/C15H25Cl3S2/c1-12(2,3)11-5-10-19-14(20-11)8-6-13(4,7-9-14)15(16,17)18/h11H,5-10H2,1-4H3. The fraction of sp³-hybridized carbons (Fsp3) is 1.00. The molecule has 0 aromatic carbocycles. The van der Waals surface area contributed by atoms with Crippen LogP contribution in [0.1, 0.15) is 59.8 Å². The first-order valence-electron chi connectivity index (χ1n) is 7.36. The van der Waals surface area contributed by atoms with Crippen molar-refractivity contribution < 1.29 is 0 Å². The Hall–Kier alpha value is 1.57. The second kappa shape index (κ2) is 5.89. The van der Waals surface area contributed by atoms with Gasteiger partial charge in [0.25, 0.3) is 0 Å². The molecule has 2 fully saturated rings. The van der Waals surface area contributed by atoms with E-state index in [1.165, 1.54) is 25.0 Å². The van der Waals surface area contributed by atoms with Crippen LogP contribution in [0.5, 0.6) is 0 Å². The van der Waals surface area contributed by atoms with Gasteiger partial charge in [0.2, 0.25) is 0 Å². The highest BCUT2D eigenvalue weighted by Crippen LogP contribution is 2.63. The van der Waals surface area contributed by atoms with Gasteiger partial charge in [-0.2, -0.15) is 0 Å². The van der Waals surface area contributed by atoms with Gasteiger partial charge >= 0.3 is 0 Å². The van der Waals surface area contributed by atoms with Gasteiger partial charge in [0.1, 0.15) is 0 Å².